The molecule has 4 nitrogen and oxygen atoms in total. The van der Waals surface area contributed by atoms with E-state index in [4.69, 9.17) is 16.7 Å². The van der Waals surface area contributed by atoms with Crippen LogP contribution in [0.15, 0.2) is 24.3 Å². The molecule has 1 aromatic rings. The predicted molar refractivity (Wildman–Crippen MR) is 86.5 cm³/mol. The number of amides is 1. The molecule has 0 atom stereocenters. The molecule has 2 rings (SSSR count). The number of rotatable bonds is 5. The summed E-state index contributed by atoms with van der Waals surface area (Å²) in [6.07, 6.45) is -3.56. The summed E-state index contributed by atoms with van der Waals surface area (Å²) in [4.78, 5) is 24.3. The van der Waals surface area contributed by atoms with Crippen molar-refractivity contribution in [2.45, 2.75) is 37.3 Å². The van der Waals surface area contributed by atoms with Gasteiger partial charge < -0.3 is 10.0 Å². The van der Waals surface area contributed by atoms with Crippen LogP contribution < -0.4 is 0 Å². The number of likely N-dealkylation sites (tertiary alicyclic amines) is 1. The van der Waals surface area contributed by atoms with Crippen molar-refractivity contribution in [2.75, 3.05) is 19.0 Å². The molecular formula is C17H19ClF3NO3. The maximum atomic E-state index is 13.0. The van der Waals surface area contributed by atoms with E-state index in [0.717, 1.165) is 12.1 Å². The Labute approximate surface area is 148 Å². The molecule has 1 aliphatic rings. The van der Waals surface area contributed by atoms with Gasteiger partial charge in [0.15, 0.2) is 0 Å². The second-order valence-corrected chi connectivity index (χ2v) is 6.53. The molecule has 1 saturated heterocycles. The molecule has 0 radical (unpaired) electrons. The van der Waals surface area contributed by atoms with Crippen molar-refractivity contribution in [3.05, 3.63) is 35.4 Å². The van der Waals surface area contributed by atoms with Crippen LogP contribution in [0.3, 0.4) is 0 Å². The van der Waals surface area contributed by atoms with Crippen LogP contribution >= 0.6 is 11.6 Å². The Balaban J connectivity index is 2.31. The smallest absolute Gasteiger partial charge is 0.416 e. The molecule has 0 aromatic heterocycles. The van der Waals surface area contributed by atoms with E-state index < -0.39 is 23.1 Å². The number of nitrogens with zero attached hydrogens (tertiary/aromatic N) is 1. The third-order valence-corrected chi connectivity index (χ3v) is 5.04. The van der Waals surface area contributed by atoms with Crippen LogP contribution in [0.1, 0.15) is 36.8 Å². The predicted octanol–water partition coefficient (Wildman–Crippen LogP) is 3.67. The zero-order chi connectivity index (χ0) is 18.7. The Hall–Kier alpha value is -1.76. The first-order valence-electron chi connectivity index (χ1n) is 7.91. The number of hydrogen-bond donors (Lipinski definition) is 1. The van der Waals surface area contributed by atoms with E-state index in [2.05, 4.69) is 0 Å². The molecule has 1 aromatic carbocycles. The Morgan fingerprint density at radius 1 is 1.24 bits per heavy atom. The van der Waals surface area contributed by atoms with Crippen LogP contribution in [-0.4, -0.2) is 40.9 Å². The van der Waals surface area contributed by atoms with Crippen LogP contribution in [0, 0.1) is 0 Å². The fraction of sp³-hybridized carbons (Fsp3) is 0.529. The van der Waals surface area contributed by atoms with E-state index in [9.17, 15) is 22.8 Å². The van der Waals surface area contributed by atoms with E-state index in [0.29, 0.717) is 31.5 Å². The number of carboxylic acids is 1. The molecule has 0 bridgehead atoms. The molecule has 1 heterocycles. The van der Waals surface area contributed by atoms with Gasteiger partial charge in [-0.2, -0.15) is 13.2 Å². The number of aliphatic carboxylic acids is 1. The fourth-order valence-electron chi connectivity index (χ4n) is 3.32. The summed E-state index contributed by atoms with van der Waals surface area (Å²) in [5.41, 5.74) is -0.969. The zero-order valence-corrected chi connectivity index (χ0v) is 14.2. The van der Waals surface area contributed by atoms with Gasteiger partial charge in [-0.15, -0.1) is 11.6 Å². The third-order valence-electron chi connectivity index (χ3n) is 4.81. The van der Waals surface area contributed by atoms with Crippen molar-refractivity contribution in [2.24, 2.45) is 0 Å². The van der Waals surface area contributed by atoms with Crippen molar-refractivity contribution >= 4 is 23.5 Å². The summed E-state index contributed by atoms with van der Waals surface area (Å²) >= 11 is 5.55. The molecule has 1 amide bonds. The van der Waals surface area contributed by atoms with Crippen molar-refractivity contribution in [1.82, 2.24) is 4.90 Å². The van der Waals surface area contributed by atoms with Gasteiger partial charge in [0.2, 0.25) is 5.91 Å². The summed E-state index contributed by atoms with van der Waals surface area (Å²) in [5, 5.41) is 9.01. The average Bonchev–Trinajstić information content (AvgIpc) is 2.59. The van der Waals surface area contributed by atoms with Gasteiger partial charge in [0, 0.05) is 19.5 Å². The molecule has 1 N–H and O–H groups in total. The topological polar surface area (TPSA) is 57.6 Å². The molecular weight excluding hydrogens is 359 g/mol. The monoisotopic (exact) mass is 377 g/mol. The second-order valence-electron chi connectivity index (χ2n) is 6.27. The first-order valence-corrected chi connectivity index (χ1v) is 8.45. The summed E-state index contributed by atoms with van der Waals surface area (Å²) in [6, 6.07) is 5.05. The third kappa shape index (κ3) is 4.66. The average molecular weight is 378 g/mol. The van der Waals surface area contributed by atoms with E-state index in [1.807, 2.05) is 0 Å². The molecule has 0 saturated carbocycles. The number of carboxylic acid groups (broad SMARTS) is 1. The number of alkyl halides is 4. The number of halogens is 4. The zero-order valence-electron chi connectivity index (χ0n) is 13.5. The van der Waals surface area contributed by atoms with Crippen LogP contribution in [0.4, 0.5) is 13.2 Å². The molecule has 0 aliphatic carbocycles. The van der Waals surface area contributed by atoms with E-state index in [-0.39, 0.29) is 24.6 Å². The van der Waals surface area contributed by atoms with Gasteiger partial charge in [-0.05, 0) is 36.3 Å². The Morgan fingerprint density at radius 3 is 2.40 bits per heavy atom. The SMILES string of the molecule is O=C(O)CCC1(c2cccc(C(F)(F)F)c2)CCN(C(=O)CCl)CC1. The molecule has 1 aliphatic heterocycles. The number of carbonyl (C=O) groups is 2. The number of benzene rings is 1. The molecule has 0 spiro atoms. The summed E-state index contributed by atoms with van der Waals surface area (Å²) in [6.45, 7) is 0.697. The minimum Gasteiger partial charge on any atom is -0.481 e. The normalized spacial score (nSPS) is 17.4. The van der Waals surface area contributed by atoms with Gasteiger partial charge in [0.1, 0.15) is 5.88 Å². The lowest BCUT2D eigenvalue weighted by molar-refractivity contribution is -0.139. The van der Waals surface area contributed by atoms with E-state index >= 15 is 0 Å². The van der Waals surface area contributed by atoms with Gasteiger partial charge >= 0.3 is 12.1 Å². The van der Waals surface area contributed by atoms with Crippen LogP contribution in [-0.2, 0) is 21.2 Å². The van der Waals surface area contributed by atoms with Gasteiger partial charge in [-0.25, -0.2) is 0 Å². The first kappa shape index (κ1) is 19.6. The Morgan fingerprint density at radius 2 is 1.88 bits per heavy atom. The maximum Gasteiger partial charge on any atom is 0.416 e. The highest BCUT2D eigenvalue weighted by Crippen LogP contribution is 2.41. The van der Waals surface area contributed by atoms with Gasteiger partial charge in [0.25, 0.3) is 0 Å². The quantitative estimate of drug-likeness (QED) is 0.796. The summed E-state index contributed by atoms with van der Waals surface area (Å²) in [5.74, 6) is -1.37. The van der Waals surface area contributed by atoms with E-state index in [1.54, 1.807) is 11.0 Å². The van der Waals surface area contributed by atoms with Gasteiger partial charge in [-0.1, -0.05) is 18.2 Å². The van der Waals surface area contributed by atoms with Crippen molar-refractivity contribution < 1.29 is 27.9 Å². The summed E-state index contributed by atoms with van der Waals surface area (Å²) in [7, 11) is 0. The van der Waals surface area contributed by atoms with Crippen molar-refractivity contribution in [3.8, 4) is 0 Å². The molecule has 8 heteroatoms. The minimum absolute atomic E-state index is 0.139. The van der Waals surface area contributed by atoms with Crippen LogP contribution in [0.25, 0.3) is 0 Å². The highest BCUT2D eigenvalue weighted by Gasteiger charge is 2.39. The largest absolute Gasteiger partial charge is 0.481 e. The Bertz CT molecular complexity index is 640. The van der Waals surface area contributed by atoms with E-state index in [1.165, 1.54) is 6.07 Å². The molecule has 138 valence electrons. The molecule has 25 heavy (non-hydrogen) atoms. The number of hydrogen-bond acceptors (Lipinski definition) is 2. The fourth-order valence-corrected chi connectivity index (χ4v) is 3.49. The van der Waals surface area contributed by atoms with Crippen molar-refractivity contribution in [1.29, 1.82) is 0 Å². The standard InChI is InChI=1S/C17H19ClF3NO3/c18-11-14(23)22-8-6-16(7-9-22,5-4-15(24)25)12-2-1-3-13(10-12)17(19,20)21/h1-3,10H,4-9,11H2,(H,24,25). The summed E-state index contributed by atoms with van der Waals surface area (Å²) < 4.78 is 39.1. The van der Waals surface area contributed by atoms with Crippen LogP contribution in [0.2, 0.25) is 0 Å². The van der Waals surface area contributed by atoms with Gasteiger partial charge in [-0.3, -0.25) is 9.59 Å². The lowest BCUT2D eigenvalue weighted by Gasteiger charge is -2.42. The maximum absolute atomic E-state index is 13.0. The molecule has 0 unspecified atom stereocenters. The minimum atomic E-state index is -4.46. The van der Waals surface area contributed by atoms with Gasteiger partial charge in [0.05, 0.1) is 5.56 Å². The van der Waals surface area contributed by atoms with Crippen LogP contribution in [0.5, 0.6) is 0 Å². The Kier molecular flexibility index (Phi) is 5.98. The number of carbonyl (C=O) groups excluding carboxylic acids is 1. The highest BCUT2D eigenvalue weighted by atomic mass is 35.5. The highest BCUT2D eigenvalue weighted by molar-refractivity contribution is 6.27. The second kappa shape index (κ2) is 7.64. The van der Waals surface area contributed by atoms with Crippen molar-refractivity contribution in [3.63, 3.8) is 0 Å². The molecule has 1 fully saturated rings. The number of piperidine rings is 1. The first-order chi connectivity index (χ1) is 11.7. The lowest BCUT2D eigenvalue weighted by atomic mass is 9.69. The lowest BCUT2D eigenvalue weighted by Crippen LogP contribution is -2.46.